The molecule has 0 aromatic heterocycles. The van der Waals surface area contributed by atoms with E-state index in [1.54, 1.807) is 6.92 Å². The highest BCUT2D eigenvalue weighted by Crippen LogP contribution is 2.26. The van der Waals surface area contributed by atoms with Crippen LogP contribution in [-0.2, 0) is 0 Å². The Morgan fingerprint density at radius 2 is 1.91 bits per heavy atom. The monoisotopic (exact) mass is 164 g/mol. The molecule has 0 aliphatic carbocycles. The van der Waals surface area contributed by atoms with Crippen molar-refractivity contribution in [3.63, 3.8) is 0 Å². The van der Waals surface area contributed by atoms with E-state index in [4.69, 9.17) is 0 Å². The third kappa shape index (κ3) is 3.86. The lowest BCUT2D eigenvalue weighted by Crippen LogP contribution is -2.09. The quantitative estimate of drug-likeness (QED) is 0.548. The molecular weight excluding hydrogens is 153 g/mol. The van der Waals surface area contributed by atoms with Gasteiger partial charge in [-0.2, -0.15) is 13.2 Å². The van der Waals surface area contributed by atoms with Gasteiger partial charge in [-0.05, 0) is 13.3 Å². The van der Waals surface area contributed by atoms with Gasteiger partial charge in [-0.1, -0.05) is 25.2 Å². The van der Waals surface area contributed by atoms with Gasteiger partial charge in [0.05, 0.1) is 5.57 Å². The predicted molar refractivity (Wildman–Crippen MR) is 39.2 cm³/mol. The zero-order chi connectivity index (χ0) is 8.91. The van der Waals surface area contributed by atoms with E-state index >= 15 is 0 Å². The van der Waals surface area contributed by atoms with Crippen LogP contribution in [0.1, 0.15) is 20.3 Å². The first kappa shape index (κ1) is 10.3. The van der Waals surface area contributed by atoms with Crippen molar-refractivity contribution in [3.8, 4) is 0 Å². The summed E-state index contributed by atoms with van der Waals surface area (Å²) in [5, 5.41) is 0. The number of hydrogen-bond donors (Lipinski definition) is 0. The SMILES string of the molecule is C/C=C(\C=C/CC)C(F)(F)F. The van der Waals surface area contributed by atoms with Crippen molar-refractivity contribution in [3.05, 3.63) is 23.8 Å². The summed E-state index contributed by atoms with van der Waals surface area (Å²) in [5.74, 6) is 0. The first-order valence-electron chi connectivity index (χ1n) is 3.42. The largest absolute Gasteiger partial charge is 0.416 e. The van der Waals surface area contributed by atoms with Gasteiger partial charge in [-0.3, -0.25) is 0 Å². The van der Waals surface area contributed by atoms with Crippen LogP contribution < -0.4 is 0 Å². The lowest BCUT2D eigenvalue weighted by atomic mass is 10.2. The Labute approximate surface area is 64.4 Å². The van der Waals surface area contributed by atoms with Crippen LogP contribution in [0.3, 0.4) is 0 Å². The maximum absolute atomic E-state index is 11.9. The Morgan fingerprint density at radius 1 is 1.36 bits per heavy atom. The number of alkyl halides is 3. The summed E-state index contributed by atoms with van der Waals surface area (Å²) < 4.78 is 35.8. The minimum absolute atomic E-state index is 0.584. The summed E-state index contributed by atoms with van der Waals surface area (Å²) in [4.78, 5) is 0. The first-order valence-corrected chi connectivity index (χ1v) is 3.42. The molecule has 0 rings (SSSR count). The van der Waals surface area contributed by atoms with Gasteiger partial charge in [-0.15, -0.1) is 0 Å². The minimum Gasteiger partial charge on any atom is -0.166 e. The van der Waals surface area contributed by atoms with Crippen molar-refractivity contribution >= 4 is 0 Å². The molecule has 0 heterocycles. The summed E-state index contributed by atoms with van der Waals surface area (Å²) in [7, 11) is 0. The molecule has 0 bridgehead atoms. The van der Waals surface area contributed by atoms with Crippen molar-refractivity contribution in [2.24, 2.45) is 0 Å². The molecule has 0 amide bonds. The van der Waals surface area contributed by atoms with Crippen LogP contribution in [0.25, 0.3) is 0 Å². The number of hydrogen-bond acceptors (Lipinski definition) is 0. The van der Waals surface area contributed by atoms with Crippen LogP contribution in [0.5, 0.6) is 0 Å². The number of rotatable bonds is 2. The lowest BCUT2D eigenvalue weighted by molar-refractivity contribution is -0.0883. The molecule has 0 fully saturated rings. The van der Waals surface area contributed by atoms with E-state index in [0.717, 1.165) is 12.2 Å². The fourth-order valence-electron chi connectivity index (χ4n) is 0.599. The summed E-state index contributed by atoms with van der Waals surface area (Å²) in [6.45, 7) is 3.17. The molecule has 0 radical (unpaired) electrons. The molecule has 0 aromatic rings. The van der Waals surface area contributed by atoms with Crippen LogP contribution in [0, 0.1) is 0 Å². The van der Waals surface area contributed by atoms with Crippen molar-refractivity contribution < 1.29 is 13.2 Å². The second-order valence-electron chi connectivity index (χ2n) is 2.05. The van der Waals surface area contributed by atoms with Crippen molar-refractivity contribution in [1.29, 1.82) is 0 Å². The second kappa shape index (κ2) is 4.21. The molecule has 0 atom stereocenters. The molecule has 64 valence electrons. The van der Waals surface area contributed by atoms with Crippen molar-refractivity contribution in [2.75, 3.05) is 0 Å². The van der Waals surface area contributed by atoms with Gasteiger partial charge in [0.15, 0.2) is 0 Å². The molecule has 0 spiro atoms. The van der Waals surface area contributed by atoms with E-state index in [1.807, 2.05) is 0 Å². The molecule has 11 heavy (non-hydrogen) atoms. The minimum atomic E-state index is -4.21. The van der Waals surface area contributed by atoms with Crippen molar-refractivity contribution in [2.45, 2.75) is 26.4 Å². The normalized spacial score (nSPS) is 14.5. The zero-order valence-corrected chi connectivity index (χ0v) is 6.57. The fourth-order valence-corrected chi connectivity index (χ4v) is 0.599. The smallest absolute Gasteiger partial charge is 0.166 e. The molecule has 0 aliphatic rings. The van der Waals surface area contributed by atoms with E-state index in [0.29, 0.717) is 6.42 Å². The highest BCUT2D eigenvalue weighted by molar-refractivity contribution is 5.22. The zero-order valence-electron chi connectivity index (χ0n) is 6.57. The highest BCUT2D eigenvalue weighted by atomic mass is 19.4. The molecule has 0 aliphatic heterocycles. The fraction of sp³-hybridized carbons (Fsp3) is 0.500. The average molecular weight is 164 g/mol. The van der Waals surface area contributed by atoms with Gasteiger partial charge < -0.3 is 0 Å². The van der Waals surface area contributed by atoms with E-state index in [9.17, 15) is 13.2 Å². The van der Waals surface area contributed by atoms with E-state index in [-0.39, 0.29) is 0 Å². The molecule has 0 N–H and O–H groups in total. The molecule has 0 unspecified atom stereocenters. The van der Waals surface area contributed by atoms with Gasteiger partial charge in [0.25, 0.3) is 0 Å². The molecular formula is C8H11F3. The Balaban J connectivity index is 4.33. The van der Waals surface area contributed by atoms with Crippen LogP contribution in [0.2, 0.25) is 0 Å². The van der Waals surface area contributed by atoms with Crippen molar-refractivity contribution in [1.82, 2.24) is 0 Å². The lowest BCUT2D eigenvalue weighted by Gasteiger charge is -2.05. The van der Waals surface area contributed by atoms with Crippen LogP contribution in [0.15, 0.2) is 23.8 Å². The molecule has 0 saturated heterocycles. The van der Waals surface area contributed by atoms with Crippen LogP contribution >= 0.6 is 0 Å². The van der Waals surface area contributed by atoms with Crippen LogP contribution in [-0.4, -0.2) is 6.18 Å². The Morgan fingerprint density at radius 3 is 2.18 bits per heavy atom. The summed E-state index contributed by atoms with van der Waals surface area (Å²) in [5.41, 5.74) is -0.584. The predicted octanol–water partition coefficient (Wildman–Crippen LogP) is 3.46. The number of allylic oxidation sites excluding steroid dienone is 4. The standard InChI is InChI=1S/C8H11F3/c1-3-5-6-7(4-2)8(9,10)11/h4-6H,3H2,1-2H3/b6-5-,7-4+. The third-order valence-corrected chi connectivity index (χ3v) is 1.17. The molecule has 0 nitrogen and oxygen atoms in total. The van der Waals surface area contributed by atoms with Gasteiger partial charge in [-0.25, -0.2) is 0 Å². The van der Waals surface area contributed by atoms with Gasteiger partial charge in [0, 0.05) is 0 Å². The topological polar surface area (TPSA) is 0 Å². The number of halogens is 3. The summed E-state index contributed by atoms with van der Waals surface area (Å²) in [6, 6.07) is 0. The highest BCUT2D eigenvalue weighted by Gasteiger charge is 2.30. The van der Waals surface area contributed by atoms with Gasteiger partial charge in [0.2, 0.25) is 0 Å². The summed E-state index contributed by atoms with van der Waals surface area (Å²) >= 11 is 0. The van der Waals surface area contributed by atoms with Gasteiger partial charge in [0.1, 0.15) is 0 Å². The maximum atomic E-state index is 11.9. The van der Waals surface area contributed by atoms with Gasteiger partial charge >= 0.3 is 6.18 Å². The molecule has 0 saturated carbocycles. The van der Waals surface area contributed by atoms with E-state index < -0.39 is 11.7 Å². The Kier molecular flexibility index (Phi) is 3.93. The van der Waals surface area contributed by atoms with Crippen LogP contribution in [0.4, 0.5) is 13.2 Å². The van der Waals surface area contributed by atoms with E-state index in [1.165, 1.54) is 13.0 Å². The molecule has 3 heteroatoms. The first-order chi connectivity index (χ1) is 5.02. The van der Waals surface area contributed by atoms with E-state index in [2.05, 4.69) is 0 Å². The Hall–Kier alpha value is -0.730. The third-order valence-electron chi connectivity index (χ3n) is 1.17. The Bertz CT molecular complexity index is 163. The second-order valence-corrected chi connectivity index (χ2v) is 2.05. The molecule has 0 aromatic carbocycles. The average Bonchev–Trinajstić information content (AvgIpc) is 1.87. The maximum Gasteiger partial charge on any atom is 0.416 e. The summed E-state index contributed by atoms with van der Waals surface area (Å²) in [6.07, 6.45) is 0.0584.